The number of halogens is 1. The predicted octanol–water partition coefficient (Wildman–Crippen LogP) is 2.29. The maximum atomic E-state index is 11.4. The van der Waals surface area contributed by atoms with Crippen LogP contribution < -0.4 is 5.32 Å². The van der Waals surface area contributed by atoms with Gasteiger partial charge in [-0.2, -0.15) is 0 Å². The van der Waals surface area contributed by atoms with Gasteiger partial charge in [-0.25, -0.2) is 0 Å². The summed E-state index contributed by atoms with van der Waals surface area (Å²) >= 11 is 5.98. The largest absolute Gasteiger partial charge is 0.507 e. The molecule has 0 bridgehead atoms. The second kappa shape index (κ2) is 7.48. The third kappa shape index (κ3) is 4.82. The number of nitrogens with zero attached hydrogens (tertiary/aromatic N) is 1. The molecule has 5 heteroatoms. The smallest absolute Gasteiger partial charge is 0.163 e. The Kier molecular flexibility index (Phi) is 6.28. The zero-order valence-corrected chi connectivity index (χ0v) is 12.4. The van der Waals surface area contributed by atoms with Crippen molar-refractivity contribution >= 4 is 17.4 Å². The summed E-state index contributed by atoms with van der Waals surface area (Å²) in [7, 11) is 3.89. The van der Waals surface area contributed by atoms with Crippen LogP contribution >= 0.6 is 11.6 Å². The van der Waals surface area contributed by atoms with Gasteiger partial charge in [-0.15, -0.1) is 0 Å². The highest BCUT2D eigenvalue weighted by atomic mass is 35.5. The van der Waals surface area contributed by atoms with Gasteiger partial charge in [0.05, 0.1) is 5.56 Å². The SMILES string of the molecule is CNCCCN(C)Cc1cc(Cl)cc(C(C)=O)c1O. The third-order valence-corrected chi connectivity index (χ3v) is 3.16. The van der Waals surface area contributed by atoms with Crippen LogP contribution in [0, 0.1) is 0 Å². The van der Waals surface area contributed by atoms with Crippen molar-refractivity contribution in [1.29, 1.82) is 0 Å². The Morgan fingerprint density at radius 2 is 2.16 bits per heavy atom. The summed E-state index contributed by atoms with van der Waals surface area (Å²) < 4.78 is 0. The number of benzene rings is 1. The Balaban J connectivity index is 2.80. The normalized spacial score (nSPS) is 11.0. The van der Waals surface area contributed by atoms with E-state index in [1.807, 2.05) is 14.1 Å². The van der Waals surface area contributed by atoms with Crippen LogP contribution in [0.3, 0.4) is 0 Å². The molecule has 0 heterocycles. The summed E-state index contributed by atoms with van der Waals surface area (Å²) in [5.41, 5.74) is 0.968. The second-order valence-electron chi connectivity index (χ2n) is 4.71. The number of ketones is 1. The molecule has 106 valence electrons. The molecule has 19 heavy (non-hydrogen) atoms. The van der Waals surface area contributed by atoms with Crippen LogP contribution in [-0.2, 0) is 6.54 Å². The molecule has 2 N–H and O–H groups in total. The lowest BCUT2D eigenvalue weighted by atomic mass is 10.1. The van der Waals surface area contributed by atoms with Crippen molar-refractivity contribution in [3.05, 3.63) is 28.3 Å². The van der Waals surface area contributed by atoms with Crippen molar-refractivity contribution in [2.45, 2.75) is 19.9 Å². The molecule has 0 aliphatic rings. The Morgan fingerprint density at radius 1 is 1.47 bits per heavy atom. The van der Waals surface area contributed by atoms with Crippen LogP contribution in [0.15, 0.2) is 12.1 Å². The average molecular weight is 285 g/mol. The summed E-state index contributed by atoms with van der Waals surface area (Å²) in [6.45, 7) is 3.84. The molecule has 0 fully saturated rings. The van der Waals surface area contributed by atoms with E-state index < -0.39 is 0 Å². The van der Waals surface area contributed by atoms with Gasteiger partial charge in [0, 0.05) is 17.1 Å². The maximum Gasteiger partial charge on any atom is 0.163 e. The molecule has 0 aliphatic carbocycles. The number of phenols is 1. The van der Waals surface area contributed by atoms with Crippen molar-refractivity contribution in [2.24, 2.45) is 0 Å². The minimum atomic E-state index is -0.181. The van der Waals surface area contributed by atoms with E-state index in [9.17, 15) is 9.90 Å². The number of rotatable bonds is 7. The Hall–Kier alpha value is -1.10. The number of hydrogen-bond acceptors (Lipinski definition) is 4. The van der Waals surface area contributed by atoms with Crippen LogP contribution in [0.2, 0.25) is 5.02 Å². The molecule has 0 saturated carbocycles. The molecular weight excluding hydrogens is 264 g/mol. The van der Waals surface area contributed by atoms with Gasteiger partial charge < -0.3 is 15.3 Å². The number of phenolic OH excluding ortho intramolecular Hbond substituents is 1. The minimum absolute atomic E-state index is 0.0392. The number of hydrogen-bond donors (Lipinski definition) is 2. The first-order valence-corrected chi connectivity index (χ1v) is 6.69. The van der Waals surface area contributed by atoms with Gasteiger partial charge in [0.1, 0.15) is 5.75 Å². The van der Waals surface area contributed by atoms with Gasteiger partial charge in [0.2, 0.25) is 0 Å². The van der Waals surface area contributed by atoms with Crippen LogP contribution in [0.5, 0.6) is 5.75 Å². The van der Waals surface area contributed by atoms with Crippen LogP contribution in [0.4, 0.5) is 0 Å². The average Bonchev–Trinajstić information content (AvgIpc) is 2.33. The van der Waals surface area contributed by atoms with Gasteiger partial charge in [0.25, 0.3) is 0 Å². The van der Waals surface area contributed by atoms with Crippen molar-refractivity contribution < 1.29 is 9.90 Å². The highest BCUT2D eigenvalue weighted by molar-refractivity contribution is 6.31. The molecule has 1 aromatic rings. The van der Waals surface area contributed by atoms with E-state index in [1.165, 1.54) is 13.0 Å². The first-order chi connectivity index (χ1) is 8.95. The van der Waals surface area contributed by atoms with E-state index in [4.69, 9.17) is 11.6 Å². The highest BCUT2D eigenvalue weighted by Gasteiger charge is 2.14. The molecule has 4 nitrogen and oxygen atoms in total. The van der Waals surface area contributed by atoms with Gasteiger partial charge in [0.15, 0.2) is 5.78 Å². The summed E-state index contributed by atoms with van der Waals surface area (Å²) in [6, 6.07) is 3.21. The van der Waals surface area contributed by atoms with Crippen LogP contribution in [-0.4, -0.2) is 43.0 Å². The monoisotopic (exact) mass is 284 g/mol. The van der Waals surface area contributed by atoms with E-state index in [0.717, 1.165) is 19.5 Å². The first-order valence-electron chi connectivity index (χ1n) is 6.31. The predicted molar refractivity (Wildman–Crippen MR) is 78.0 cm³/mol. The van der Waals surface area contributed by atoms with Crippen molar-refractivity contribution in [3.8, 4) is 5.75 Å². The molecule has 0 atom stereocenters. The van der Waals surface area contributed by atoms with E-state index in [0.29, 0.717) is 17.1 Å². The van der Waals surface area contributed by atoms with Gasteiger partial charge in [-0.05, 0) is 52.7 Å². The molecule has 0 saturated heterocycles. The summed E-state index contributed by atoms with van der Waals surface area (Å²) in [5.74, 6) is -0.142. The first kappa shape index (κ1) is 16.0. The number of carbonyl (C=O) groups is 1. The topological polar surface area (TPSA) is 52.6 Å². The number of nitrogens with one attached hydrogen (secondary N) is 1. The van der Waals surface area contributed by atoms with Gasteiger partial charge >= 0.3 is 0 Å². The van der Waals surface area contributed by atoms with Crippen molar-refractivity contribution in [1.82, 2.24) is 10.2 Å². The second-order valence-corrected chi connectivity index (χ2v) is 5.15. The highest BCUT2D eigenvalue weighted by Crippen LogP contribution is 2.28. The fourth-order valence-electron chi connectivity index (χ4n) is 1.94. The molecule has 0 aliphatic heterocycles. The van der Waals surface area contributed by atoms with E-state index in [1.54, 1.807) is 6.07 Å². The standard InChI is InChI=1S/C14H21ClN2O2/c1-10(18)13-8-12(15)7-11(14(13)19)9-17(3)6-4-5-16-2/h7-8,16,19H,4-6,9H2,1-3H3. The quantitative estimate of drug-likeness (QED) is 0.596. The molecule has 0 radical (unpaired) electrons. The molecule has 0 unspecified atom stereocenters. The van der Waals surface area contributed by atoms with Crippen molar-refractivity contribution in [3.63, 3.8) is 0 Å². The number of Topliss-reactive ketones (excluding diaryl/α,β-unsaturated/α-hetero) is 1. The number of aromatic hydroxyl groups is 1. The summed E-state index contributed by atoms with van der Waals surface area (Å²) in [4.78, 5) is 13.5. The van der Waals surface area contributed by atoms with E-state index in [-0.39, 0.29) is 17.1 Å². The fourth-order valence-corrected chi connectivity index (χ4v) is 2.18. The Bertz CT molecular complexity index is 449. The Labute approximate surface area is 119 Å². The molecular formula is C14H21ClN2O2. The summed E-state index contributed by atoms with van der Waals surface area (Å²) in [5, 5.41) is 13.6. The minimum Gasteiger partial charge on any atom is -0.507 e. The van der Waals surface area contributed by atoms with Crippen LogP contribution in [0.1, 0.15) is 29.3 Å². The lowest BCUT2D eigenvalue weighted by Gasteiger charge is -2.18. The van der Waals surface area contributed by atoms with Crippen LogP contribution in [0.25, 0.3) is 0 Å². The summed E-state index contributed by atoms with van der Waals surface area (Å²) in [6.07, 6.45) is 1.02. The van der Waals surface area contributed by atoms with Gasteiger partial charge in [-0.3, -0.25) is 4.79 Å². The van der Waals surface area contributed by atoms with Crippen molar-refractivity contribution in [2.75, 3.05) is 27.2 Å². The zero-order valence-electron chi connectivity index (χ0n) is 11.7. The fraction of sp³-hybridized carbons (Fsp3) is 0.500. The maximum absolute atomic E-state index is 11.4. The van der Waals surface area contributed by atoms with Gasteiger partial charge in [-0.1, -0.05) is 11.6 Å². The molecule has 1 rings (SSSR count). The lowest BCUT2D eigenvalue weighted by molar-refractivity contribution is 0.101. The molecule has 0 amide bonds. The number of carbonyl (C=O) groups excluding carboxylic acids is 1. The molecule has 1 aromatic carbocycles. The Morgan fingerprint density at radius 3 is 2.74 bits per heavy atom. The zero-order chi connectivity index (χ0) is 14.4. The van der Waals surface area contributed by atoms with E-state index >= 15 is 0 Å². The molecule has 0 aromatic heterocycles. The lowest BCUT2D eigenvalue weighted by Crippen LogP contribution is -2.22. The van der Waals surface area contributed by atoms with E-state index in [2.05, 4.69) is 10.2 Å². The third-order valence-electron chi connectivity index (χ3n) is 2.94. The molecule has 0 spiro atoms.